The van der Waals surface area contributed by atoms with Crippen molar-refractivity contribution in [1.82, 2.24) is 4.98 Å². The number of pyridine rings is 1. The largest absolute Gasteiger partial charge is 0.384 e. The number of carbonyl (C=O) groups excluding carboxylic acids is 1. The van der Waals surface area contributed by atoms with Crippen molar-refractivity contribution in [2.75, 3.05) is 17.2 Å². The normalized spacial score (nSPS) is 12.7. The molecule has 0 bridgehead atoms. The molecule has 0 fully saturated rings. The van der Waals surface area contributed by atoms with E-state index in [1.54, 1.807) is 12.3 Å². The van der Waals surface area contributed by atoms with Crippen molar-refractivity contribution >= 4 is 17.3 Å². The van der Waals surface area contributed by atoms with Gasteiger partial charge in [-0.2, -0.15) is 0 Å². The molecule has 2 N–H and O–H groups in total. The van der Waals surface area contributed by atoms with Crippen molar-refractivity contribution in [1.29, 1.82) is 0 Å². The fourth-order valence-electron chi connectivity index (χ4n) is 2.26. The number of benzene rings is 1. The highest BCUT2D eigenvalue weighted by molar-refractivity contribution is 6.05. The first kappa shape index (κ1) is 11.7. The number of fused-ring (bicyclic) bond motifs is 1. The number of hydrogen-bond donors (Lipinski definition) is 2. The second kappa shape index (κ2) is 4.72. The Morgan fingerprint density at radius 2 is 2.21 bits per heavy atom. The van der Waals surface area contributed by atoms with Crippen LogP contribution in [0.5, 0.6) is 0 Å². The molecule has 1 aliphatic heterocycles. The Kier molecular flexibility index (Phi) is 2.91. The number of nitrogens with zero attached hydrogens (tertiary/aromatic N) is 1. The molecule has 0 unspecified atom stereocenters. The Bertz CT molecular complexity index is 637. The van der Waals surface area contributed by atoms with Gasteiger partial charge in [0.1, 0.15) is 0 Å². The first-order valence-electron chi connectivity index (χ1n) is 6.33. The molecule has 0 saturated carbocycles. The quantitative estimate of drug-likeness (QED) is 0.865. The summed E-state index contributed by atoms with van der Waals surface area (Å²) in [4.78, 5) is 16.3. The van der Waals surface area contributed by atoms with Gasteiger partial charge >= 0.3 is 0 Å². The molecule has 0 spiro atoms. The second-order valence-corrected chi connectivity index (χ2v) is 4.69. The van der Waals surface area contributed by atoms with Gasteiger partial charge in [0, 0.05) is 35.4 Å². The highest BCUT2D eigenvalue weighted by Crippen LogP contribution is 2.23. The van der Waals surface area contributed by atoms with Crippen molar-refractivity contribution in [3.05, 3.63) is 53.3 Å². The van der Waals surface area contributed by atoms with Crippen LogP contribution in [0.25, 0.3) is 0 Å². The smallest absolute Gasteiger partial charge is 0.255 e. The van der Waals surface area contributed by atoms with Crippen molar-refractivity contribution in [2.24, 2.45) is 0 Å². The fraction of sp³-hybridized carbons (Fsp3) is 0.200. The lowest BCUT2D eigenvalue weighted by Crippen LogP contribution is -2.12. The zero-order valence-electron chi connectivity index (χ0n) is 10.7. The molecular weight excluding hydrogens is 238 g/mol. The summed E-state index contributed by atoms with van der Waals surface area (Å²) in [6, 6.07) is 9.43. The van der Waals surface area contributed by atoms with Gasteiger partial charge in [-0.1, -0.05) is 6.07 Å². The van der Waals surface area contributed by atoms with Crippen LogP contribution in [0.3, 0.4) is 0 Å². The summed E-state index contributed by atoms with van der Waals surface area (Å²) in [5, 5.41) is 6.16. The molecule has 0 aliphatic carbocycles. The molecule has 4 nitrogen and oxygen atoms in total. The van der Waals surface area contributed by atoms with Crippen molar-refractivity contribution in [2.45, 2.75) is 13.3 Å². The van der Waals surface area contributed by atoms with E-state index in [1.807, 2.05) is 31.2 Å². The number of aromatic nitrogens is 1. The lowest BCUT2D eigenvalue weighted by atomic mass is 10.1. The van der Waals surface area contributed by atoms with Gasteiger partial charge in [0.2, 0.25) is 0 Å². The van der Waals surface area contributed by atoms with Gasteiger partial charge < -0.3 is 10.6 Å². The molecule has 1 amide bonds. The molecule has 96 valence electrons. The van der Waals surface area contributed by atoms with Gasteiger partial charge in [-0.25, -0.2) is 0 Å². The molecular formula is C15H15N3O. The lowest BCUT2D eigenvalue weighted by Gasteiger charge is -2.07. The third-order valence-electron chi connectivity index (χ3n) is 3.24. The van der Waals surface area contributed by atoms with Crippen LogP contribution in [0.15, 0.2) is 36.5 Å². The molecule has 0 atom stereocenters. The number of amides is 1. The number of nitrogens with one attached hydrogen (secondary N) is 2. The van der Waals surface area contributed by atoms with Crippen molar-refractivity contribution in [3.8, 4) is 0 Å². The third-order valence-corrected chi connectivity index (χ3v) is 3.24. The number of rotatable bonds is 2. The average Bonchev–Trinajstić information content (AvgIpc) is 2.85. The molecule has 0 saturated heterocycles. The van der Waals surface area contributed by atoms with Gasteiger partial charge in [0.25, 0.3) is 5.91 Å². The van der Waals surface area contributed by atoms with E-state index in [2.05, 4.69) is 15.6 Å². The molecule has 4 heteroatoms. The Morgan fingerprint density at radius 3 is 3.05 bits per heavy atom. The Hall–Kier alpha value is -2.36. The first-order valence-corrected chi connectivity index (χ1v) is 6.33. The van der Waals surface area contributed by atoms with Gasteiger partial charge in [0.05, 0.1) is 0 Å². The topological polar surface area (TPSA) is 54.0 Å². The summed E-state index contributed by atoms with van der Waals surface area (Å²) in [6.07, 6.45) is 2.72. The molecule has 1 aromatic carbocycles. The van der Waals surface area contributed by atoms with E-state index >= 15 is 0 Å². The minimum atomic E-state index is -0.0953. The third kappa shape index (κ3) is 2.42. The Balaban J connectivity index is 1.81. The summed E-state index contributed by atoms with van der Waals surface area (Å²) in [5.41, 5.74) is 4.66. The zero-order valence-corrected chi connectivity index (χ0v) is 10.7. The number of anilines is 2. The lowest BCUT2D eigenvalue weighted by molar-refractivity contribution is 0.102. The SMILES string of the molecule is Cc1cc(NC(=O)c2ccc3c(c2)NCC3)ccn1. The van der Waals surface area contributed by atoms with Crippen LogP contribution in [-0.2, 0) is 6.42 Å². The summed E-state index contributed by atoms with van der Waals surface area (Å²) in [7, 11) is 0. The van der Waals surface area contributed by atoms with E-state index < -0.39 is 0 Å². The van der Waals surface area contributed by atoms with Gasteiger partial charge in [-0.05, 0) is 43.2 Å². The first-order chi connectivity index (χ1) is 9.22. The summed E-state index contributed by atoms with van der Waals surface area (Å²) in [6.45, 7) is 2.85. The van der Waals surface area contributed by atoms with Crippen LogP contribution in [0.4, 0.5) is 11.4 Å². The van der Waals surface area contributed by atoms with Crippen molar-refractivity contribution < 1.29 is 4.79 Å². The predicted octanol–water partition coefficient (Wildman–Crippen LogP) is 2.61. The van der Waals surface area contributed by atoms with E-state index in [4.69, 9.17) is 0 Å². The fourth-order valence-corrected chi connectivity index (χ4v) is 2.26. The van der Waals surface area contributed by atoms with E-state index in [9.17, 15) is 4.79 Å². The van der Waals surface area contributed by atoms with Crippen LogP contribution in [0.2, 0.25) is 0 Å². The summed E-state index contributed by atoms with van der Waals surface area (Å²) in [5.74, 6) is -0.0953. The van der Waals surface area contributed by atoms with Gasteiger partial charge in [-0.3, -0.25) is 9.78 Å². The zero-order chi connectivity index (χ0) is 13.2. The highest BCUT2D eigenvalue weighted by Gasteiger charge is 2.13. The Morgan fingerprint density at radius 1 is 1.32 bits per heavy atom. The summed E-state index contributed by atoms with van der Waals surface area (Å²) < 4.78 is 0. The molecule has 1 aliphatic rings. The van der Waals surface area contributed by atoms with Crippen LogP contribution in [0.1, 0.15) is 21.6 Å². The van der Waals surface area contributed by atoms with Crippen molar-refractivity contribution in [3.63, 3.8) is 0 Å². The Labute approximate surface area is 111 Å². The monoisotopic (exact) mass is 253 g/mol. The van der Waals surface area contributed by atoms with Crippen LogP contribution < -0.4 is 10.6 Å². The van der Waals surface area contributed by atoms with Crippen LogP contribution in [-0.4, -0.2) is 17.4 Å². The summed E-state index contributed by atoms with van der Waals surface area (Å²) >= 11 is 0. The van der Waals surface area contributed by atoms with Gasteiger partial charge in [0.15, 0.2) is 0 Å². The molecule has 0 radical (unpaired) electrons. The maximum atomic E-state index is 12.2. The minimum absolute atomic E-state index is 0.0953. The second-order valence-electron chi connectivity index (χ2n) is 4.69. The average molecular weight is 253 g/mol. The van der Waals surface area contributed by atoms with E-state index in [0.717, 1.165) is 30.0 Å². The molecule has 19 heavy (non-hydrogen) atoms. The van der Waals surface area contributed by atoms with E-state index in [0.29, 0.717) is 5.56 Å². The molecule has 2 heterocycles. The highest BCUT2D eigenvalue weighted by atomic mass is 16.1. The van der Waals surface area contributed by atoms with Crippen LogP contribution in [0, 0.1) is 6.92 Å². The predicted molar refractivity (Wildman–Crippen MR) is 75.6 cm³/mol. The van der Waals surface area contributed by atoms with E-state index in [-0.39, 0.29) is 5.91 Å². The molecule has 1 aromatic heterocycles. The molecule has 2 aromatic rings. The van der Waals surface area contributed by atoms with Gasteiger partial charge in [-0.15, -0.1) is 0 Å². The number of hydrogen-bond acceptors (Lipinski definition) is 3. The van der Waals surface area contributed by atoms with Crippen LogP contribution >= 0.6 is 0 Å². The maximum Gasteiger partial charge on any atom is 0.255 e. The van der Waals surface area contributed by atoms with E-state index in [1.165, 1.54) is 5.56 Å². The molecule has 3 rings (SSSR count). The standard InChI is InChI=1S/C15H15N3O/c1-10-8-13(5-7-16-10)18-15(19)12-3-2-11-4-6-17-14(11)9-12/h2-3,5,7-9,17H,4,6H2,1H3,(H,16,18,19). The number of carbonyl (C=O) groups is 1. The minimum Gasteiger partial charge on any atom is -0.384 e. The number of aryl methyl sites for hydroxylation is 1. The maximum absolute atomic E-state index is 12.2.